The summed E-state index contributed by atoms with van der Waals surface area (Å²) in [5.74, 6) is 0. The van der Waals surface area contributed by atoms with Crippen LogP contribution in [0.2, 0.25) is 0 Å². The summed E-state index contributed by atoms with van der Waals surface area (Å²) in [7, 11) is 0. The monoisotopic (exact) mass is 270 g/mol. The molecule has 0 nitrogen and oxygen atoms in total. The Labute approximate surface area is 125 Å². The molecule has 0 unspecified atom stereocenters. The smallest absolute Gasteiger partial charge is 0.0184 e. The normalized spacial score (nSPS) is 8.90. The molecule has 0 spiro atoms. The van der Waals surface area contributed by atoms with Gasteiger partial charge in [-0.2, -0.15) is 0 Å². The number of benzene rings is 2. The number of hydrogen-bond acceptors (Lipinski definition) is 0. The molecule has 2 aromatic rings. The van der Waals surface area contributed by atoms with Gasteiger partial charge in [0.2, 0.25) is 0 Å². The molecule has 0 bridgehead atoms. The van der Waals surface area contributed by atoms with Crippen LogP contribution in [0.4, 0.5) is 0 Å². The lowest BCUT2D eigenvalue weighted by Gasteiger charge is -2.04. The molecule has 110 valence electrons. The summed E-state index contributed by atoms with van der Waals surface area (Å²) in [6, 6.07) is 17.6. The van der Waals surface area contributed by atoms with Gasteiger partial charge in [-0.15, -0.1) is 0 Å². The summed E-state index contributed by atoms with van der Waals surface area (Å²) >= 11 is 0. The van der Waals surface area contributed by atoms with Crippen molar-refractivity contribution in [3.63, 3.8) is 0 Å². The molecule has 0 aliphatic carbocycles. The van der Waals surface area contributed by atoms with Crippen LogP contribution in [-0.2, 0) is 6.42 Å². The van der Waals surface area contributed by atoms with Crippen molar-refractivity contribution in [2.45, 2.75) is 54.4 Å². The Kier molecular flexibility index (Phi) is 10.4. The Bertz CT molecular complexity index is 434. The van der Waals surface area contributed by atoms with E-state index in [1.165, 1.54) is 35.1 Å². The first-order valence-electron chi connectivity index (χ1n) is 7.95. The van der Waals surface area contributed by atoms with E-state index < -0.39 is 0 Å². The van der Waals surface area contributed by atoms with Gasteiger partial charge in [-0.1, -0.05) is 95.1 Å². The molecule has 0 aromatic heterocycles. The third-order valence-corrected chi connectivity index (χ3v) is 2.88. The molecular weight excluding hydrogens is 240 g/mol. The van der Waals surface area contributed by atoms with Gasteiger partial charge in [-0.05, 0) is 30.0 Å². The van der Waals surface area contributed by atoms with E-state index in [4.69, 9.17) is 0 Å². The van der Waals surface area contributed by atoms with Crippen LogP contribution in [0, 0.1) is 6.92 Å². The van der Waals surface area contributed by atoms with E-state index >= 15 is 0 Å². The third-order valence-electron chi connectivity index (χ3n) is 2.88. The molecule has 0 N–H and O–H groups in total. The topological polar surface area (TPSA) is 0 Å². The first-order chi connectivity index (χ1) is 9.79. The highest BCUT2D eigenvalue weighted by Gasteiger charge is 1.97. The molecule has 0 amide bonds. The minimum absolute atomic E-state index is 1.17. The van der Waals surface area contributed by atoms with E-state index in [1.807, 2.05) is 27.7 Å². The van der Waals surface area contributed by atoms with Crippen molar-refractivity contribution in [1.82, 2.24) is 0 Å². The Balaban J connectivity index is 0.000000829. The molecule has 20 heavy (non-hydrogen) atoms. The maximum absolute atomic E-state index is 2.23. The molecule has 0 aliphatic rings. The van der Waals surface area contributed by atoms with E-state index in [1.54, 1.807) is 0 Å². The van der Waals surface area contributed by atoms with Gasteiger partial charge in [0.05, 0.1) is 0 Å². The van der Waals surface area contributed by atoms with Crippen molar-refractivity contribution in [3.8, 4) is 11.1 Å². The summed E-state index contributed by atoms with van der Waals surface area (Å²) in [6.07, 6.45) is 2.39. The van der Waals surface area contributed by atoms with Crippen LogP contribution in [0.25, 0.3) is 11.1 Å². The van der Waals surface area contributed by atoms with Crippen molar-refractivity contribution < 1.29 is 0 Å². The lowest BCUT2D eigenvalue weighted by Crippen LogP contribution is -1.83. The van der Waals surface area contributed by atoms with Gasteiger partial charge in [-0.3, -0.25) is 0 Å². The Hall–Kier alpha value is -1.56. The Morgan fingerprint density at radius 1 is 0.650 bits per heavy atom. The molecule has 2 rings (SSSR count). The molecule has 0 heteroatoms. The second-order valence-corrected chi connectivity index (χ2v) is 4.31. The number of hydrogen-bond donors (Lipinski definition) is 0. The first-order valence-corrected chi connectivity index (χ1v) is 7.95. The highest BCUT2D eigenvalue weighted by Crippen LogP contribution is 2.20. The minimum atomic E-state index is 1.17. The number of rotatable bonds is 3. The first kappa shape index (κ1) is 18.4. The van der Waals surface area contributed by atoms with Gasteiger partial charge >= 0.3 is 0 Å². The Morgan fingerprint density at radius 3 is 1.45 bits per heavy atom. The molecule has 0 saturated carbocycles. The van der Waals surface area contributed by atoms with Gasteiger partial charge in [0.1, 0.15) is 0 Å². The van der Waals surface area contributed by atoms with E-state index in [2.05, 4.69) is 62.4 Å². The summed E-state index contributed by atoms with van der Waals surface area (Å²) in [6.45, 7) is 12.3. The lowest BCUT2D eigenvalue weighted by atomic mass is 10.0. The van der Waals surface area contributed by atoms with Crippen LogP contribution in [0.3, 0.4) is 0 Å². The van der Waals surface area contributed by atoms with E-state index in [9.17, 15) is 0 Å². The predicted molar refractivity (Wildman–Crippen MR) is 93.3 cm³/mol. The summed E-state index contributed by atoms with van der Waals surface area (Å²) in [4.78, 5) is 0. The average Bonchev–Trinajstić information content (AvgIpc) is 2.53. The zero-order chi connectivity index (χ0) is 15.4. The lowest BCUT2D eigenvalue weighted by molar-refractivity contribution is 0.922. The highest BCUT2D eigenvalue weighted by atomic mass is 14.0. The van der Waals surface area contributed by atoms with Crippen LogP contribution in [0.1, 0.15) is 52.2 Å². The van der Waals surface area contributed by atoms with Crippen LogP contribution >= 0.6 is 0 Å². The van der Waals surface area contributed by atoms with Gasteiger partial charge in [0.15, 0.2) is 0 Å². The molecule has 0 radical (unpaired) electrons. The minimum Gasteiger partial charge on any atom is -0.0683 e. The van der Waals surface area contributed by atoms with Crippen LogP contribution < -0.4 is 0 Å². The number of aryl methyl sites for hydroxylation is 2. The van der Waals surface area contributed by atoms with Crippen molar-refractivity contribution in [1.29, 1.82) is 0 Å². The van der Waals surface area contributed by atoms with Gasteiger partial charge in [0, 0.05) is 0 Å². The highest BCUT2D eigenvalue weighted by molar-refractivity contribution is 5.63. The van der Waals surface area contributed by atoms with E-state index in [-0.39, 0.29) is 0 Å². The Morgan fingerprint density at radius 2 is 1.05 bits per heavy atom. The maximum atomic E-state index is 2.23. The molecule has 0 aliphatic heterocycles. The van der Waals surface area contributed by atoms with Crippen LogP contribution in [0.15, 0.2) is 48.5 Å². The third kappa shape index (κ3) is 6.06. The molecule has 0 atom stereocenters. The van der Waals surface area contributed by atoms with E-state index in [0.29, 0.717) is 0 Å². The zero-order valence-corrected chi connectivity index (χ0v) is 14.0. The molecule has 2 aromatic carbocycles. The quantitative estimate of drug-likeness (QED) is 0.584. The predicted octanol–water partition coefficient (Wildman–Crippen LogP) is 6.67. The van der Waals surface area contributed by atoms with Crippen molar-refractivity contribution in [2.24, 2.45) is 0 Å². The molecular formula is C20H30. The molecule has 0 fully saturated rings. The molecule has 0 saturated heterocycles. The summed E-state index contributed by atoms with van der Waals surface area (Å²) < 4.78 is 0. The average molecular weight is 270 g/mol. The van der Waals surface area contributed by atoms with Crippen LogP contribution in [0.5, 0.6) is 0 Å². The largest absolute Gasteiger partial charge is 0.0683 e. The van der Waals surface area contributed by atoms with Crippen molar-refractivity contribution >= 4 is 0 Å². The van der Waals surface area contributed by atoms with Crippen LogP contribution in [-0.4, -0.2) is 0 Å². The summed E-state index contributed by atoms with van der Waals surface area (Å²) in [5.41, 5.74) is 5.35. The fourth-order valence-electron chi connectivity index (χ4n) is 1.90. The zero-order valence-electron chi connectivity index (χ0n) is 14.0. The van der Waals surface area contributed by atoms with Crippen molar-refractivity contribution in [2.75, 3.05) is 0 Å². The fourth-order valence-corrected chi connectivity index (χ4v) is 1.90. The fraction of sp³-hybridized carbons (Fsp3) is 0.400. The van der Waals surface area contributed by atoms with Gasteiger partial charge in [0.25, 0.3) is 0 Å². The second-order valence-electron chi connectivity index (χ2n) is 4.31. The van der Waals surface area contributed by atoms with E-state index in [0.717, 1.165) is 0 Å². The summed E-state index contributed by atoms with van der Waals surface area (Å²) in [5, 5.41) is 0. The SMILES string of the molecule is CC.CC.CCCc1ccc(-c2ccc(C)cc2)cc1. The molecule has 0 heterocycles. The maximum Gasteiger partial charge on any atom is -0.0184 e. The van der Waals surface area contributed by atoms with Crippen molar-refractivity contribution in [3.05, 3.63) is 59.7 Å². The van der Waals surface area contributed by atoms with Gasteiger partial charge < -0.3 is 0 Å². The standard InChI is InChI=1S/C16H18.2C2H6/c1-3-4-14-7-11-16(12-8-14)15-9-5-13(2)6-10-15;2*1-2/h5-12H,3-4H2,1-2H3;2*1-2H3. The van der Waals surface area contributed by atoms with Gasteiger partial charge in [-0.25, -0.2) is 0 Å². The second kappa shape index (κ2) is 11.3.